The highest BCUT2D eigenvalue weighted by Gasteiger charge is 2.36. The molecule has 1 saturated carbocycles. The van der Waals surface area contributed by atoms with E-state index in [1.165, 1.54) is 0 Å². The molecule has 5 nitrogen and oxygen atoms in total. The predicted molar refractivity (Wildman–Crippen MR) is 92.1 cm³/mol. The van der Waals surface area contributed by atoms with Gasteiger partial charge in [-0.15, -0.1) is 0 Å². The minimum atomic E-state index is -0.584. The van der Waals surface area contributed by atoms with Crippen molar-refractivity contribution in [2.24, 2.45) is 11.8 Å². The maximum absolute atomic E-state index is 13.4. The lowest BCUT2D eigenvalue weighted by atomic mass is 9.79. The van der Waals surface area contributed by atoms with Gasteiger partial charge in [-0.25, -0.2) is 9.82 Å². The molecule has 23 heavy (non-hydrogen) atoms. The third kappa shape index (κ3) is 4.24. The average Bonchev–Trinajstić information content (AvgIpc) is 2.54. The number of hydrogen-bond acceptors (Lipinski definition) is 4. The summed E-state index contributed by atoms with van der Waals surface area (Å²) in [4.78, 5) is 16.5. The second kappa shape index (κ2) is 7.76. The van der Waals surface area contributed by atoms with Crippen LogP contribution in [-0.4, -0.2) is 72.0 Å². The molecule has 2 N–H and O–H groups in total. The van der Waals surface area contributed by atoms with Gasteiger partial charge in [0.25, 0.3) is 0 Å². The number of hydrogen-bond donors (Lipinski definition) is 2. The zero-order valence-corrected chi connectivity index (χ0v) is 15.4. The number of rotatable bonds is 3. The van der Waals surface area contributed by atoms with Gasteiger partial charge in [0.2, 0.25) is 5.91 Å². The van der Waals surface area contributed by atoms with Gasteiger partial charge in [0.15, 0.2) is 0 Å². The molecule has 1 amide bonds. The minimum absolute atomic E-state index is 0.0143. The van der Waals surface area contributed by atoms with Gasteiger partial charge in [0.05, 0.1) is 0 Å². The summed E-state index contributed by atoms with van der Waals surface area (Å²) in [6.45, 7) is 8.15. The third-order valence-electron chi connectivity index (χ3n) is 5.76. The largest absolute Gasteiger partial charge is 0.301 e. The first kappa shape index (κ1) is 17.6. The fourth-order valence-corrected chi connectivity index (χ4v) is 4.81. The summed E-state index contributed by atoms with van der Waals surface area (Å²) in [5.41, 5.74) is 5.65. The highest BCUT2D eigenvalue weighted by atomic mass is 79.9. The summed E-state index contributed by atoms with van der Waals surface area (Å²) >= 11 is 3.52. The SMILES string of the molecule is CC1CC(F)CCC1CN1CCN(C2CNNC(=O)C2Br)CC1. The van der Waals surface area contributed by atoms with E-state index in [-0.39, 0.29) is 16.8 Å². The number of halogens is 2. The molecule has 5 unspecified atom stereocenters. The van der Waals surface area contributed by atoms with Gasteiger partial charge in [-0.05, 0) is 31.1 Å². The molecule has 0 bridgehead atoms. The molecule has 0 radical (unpaired) electrons. The van der Waals surface area contributed by atoms with Crippen LogP contribution in [0.25, 0.3) is 0 Å². The van der Waals surface area contributed by atoms with Gasteiger partial charge in [-0.1, -0.05) is 22.9 Å². The summed E-state index contributed by atoms with van der Waals surface area (Å²) < 4.78 is 13.4. The van der Waals surface area contributed by atoms with Crippen molar-refractivity contribution in [2.45, 2.75) is 43.2 Å². The van der Waals surface area contributed by atoms with E-state index in [0.29, 0.717) is 11.8 Å². The van der Waals surface area contributed by atoms with E-state index in [1.54, 1.807) is 0 Å². The van der Waals surface area contributed by atoms with Crippen LogP contribution in [0.3, 0.4) is 0 Å². The molecule has 0 spiro atoms. The van der Waals surface area contributed by atoms with Crippen LogP contribution in [-0.2, 0) is 4.79 Å². The topological polar surface area (TPSA) is 47.6 Å². The molecule has 2 heterocycles. The van der Waals surface area contributed by atoms with E-state index in [1.807, 2.05) is 0 Å². The molecule has 0 aromatic carbocycles. The van der Waals surface area contributed by atoms with Gasteiger partial charge in [0, 0.05) is 45.3 Å². The average molecular weight is 391 g/mol. The maximum Gasteiger partial charge on any atom is 0.249 e. The molecule has 2 saturated heterocycles. The van der Waals surface area contributed by atoms with Crippen LogP contribution >= 0.6 is 15.9 Å². The number of nitrogens with one attached hydrogen (secondary N) is 2. The van der Waals surface area contributed by atoms with E-state index >= 15 is 0 Å². The lowest BCUT2D eigenvalue weighted by Gasteiger charge is -2.44. The van der Waals surface area contributed by atoms with Gasteiger partial charge in [-0.2, -0.15) is 0 Å². The Balaban J connectivity index is 1.46. The quantitative estimate of drug-likeness (QED) is 0.709. The van der Waals surface area contributed by atoms with Gasteiger partial charge in [0.1, 0.15) is 11.0 Å². The third-order valence-corrected chi connectivity index (χ3v) is 6.79. The Labute approximate surface area is 146 Å². The summed E-state index contributed by atoms with van der Waals surface area (Å²) in [5, 5.41) is 0. The van der Waals surface area contributed by atoms with Crippen molar-refractivity contribution < 1.29 is 9.18 Å². The zero-order valence-electron chi connectivity index (χ0n) is 13.8. The van der Waals surface area contributed by atoms with Crippen molar-refractivity contribution in [1.29, 1.82) is 0 Å². The maximum atomic E-state index is 13.4. The molecule has 5 atom stereocenters. The van der Waals surface area contributed by atoms with Crippen LogP contribution in [0.4, 0.5) is 4.39 Å². The van der Waals surface area contributed by atoms with Crippen molar-refractivity contribution >= 4 is 21.8 Å². The number of hydrazine groups is 1. The molecule has 3 rings (SSSR count). The van der Waals surface area contributed by atoms with E-state index in [2.05, 4.69) is 43.5 Å². The number of alkyl halides is 2. The van der Waals surface area contributed by atoms with Crippen LogP contribution in [0.1, 0.15) is 26.2 Å². The van der Waals surface area contributed by atoms with Crippen LogP contribution < -0.4 is 10.9 Å². The molecule has 1 aliphatic carbocycles. The van der Waals surface area contributed by atoms with Gasteiger partial charge in [-0.3, -0.25) is 15.1 Å². The van der Waals surface area contributed by atoms with Crippen LogP contribution in [0.15, 0.2) is 0 Å². The first-order chi connectivity index (χ1) is 11.0. The van der Waals surface area contributed by atoms with Gasteiger partial charge < -0.3 is 4.90 Å². The molecular formula is C16H28BrFN4O. The second-order valence-electron chi connectivity index (χ2n) is 7.32. The zero-order chi connectivity index (χ0) is 16.4. The summed E-state index contributed by atoms with van der Waals surface area (Å²) in [7, 11) is 0. The lowest BCUT2D eigenvalue weighted by molar-refractivity contribution is -0.124. The van der Waals surface area contributed by atoms with E-state index in [9.17, 15) is 9.18 Å². The second-order valence-corrected chi connectivity index (χ2v) is 8.31. The van der Waals surface area contributed by atoms with Crippen LogP contribution in [0.5, 0.6) is 0 Å². The Kier molecular flexibility index (Phi) is 5.93. The Morgan fingerprint density at radius 3 is 2.70 bits per heavy atom. The Morgan fingerprint density at radius 1 is 1.26 bits per heavy atom. The monoisotopic (exact) mass is 390 g/mol. The Hall–Kier alpha value is -0.240. The number of carbonyl (C=O) groups excluding carboxylic acids is 1. The molecule has 3 aliphatic rings. The van der Waals surface area contributed by atoms with E-state index < -0.39 is 6.17 Å². The predicted octanol–water partition coefficient (Wildman–Crippen LogP) is 1.14. The highest BCUT2D eigenvalue weighted by molar-refractivity contribution is 9.10. The van der Waals surface area contributed by atoms with Crippen molar-refractivity contribution in [1.82, 2.24) is 20.7 Å². The van der Waals surface area contributed by atoms with Crippen molar-refractivity contribution in [3.05, 3.63) is 0 Å². The van der Waals surface area contributed by atoms with Crippen LogP contribution in [0, 0.1) is 11.8 Å². The number of piperazine rings is 1. The number of carbonyl (C=O) groups is 1. The molecule has 2 aliphatic heterocycles. The minimum Gasteiger partial charge on any atom is -0.301 e. The van der Waals surface area contributed by atoms with E-state index in [0.717, 1.165) is 58.5 Å². The summed E-state index contributed by atoms with van der Waals surface area (Å²) in [6.07, 6.45) is 1.92. The van der Waals surface area contributed by atoms with Crippen molar-refractivity contribution in [3.63, 3.8) is 0 Å². The normalized spacial score (nSPS) is 40.8. The number of nitrogens with zero attached hydrogens (tertiary/aromatic N) is 2. The Morgan fingerprint density at radius 2 is 2.00 bits per heavy atom. The Bertz CT molecular complexity index is 419. The molecule has 0 aromatic rings. The molecule has 3 fully saturated rings. The highest BCUT2D eigenvalue weighted by Crippen LogP contribution is 2.32. The van der Waals surface area contributed by atoms with Crippen molar-refractivity contribution in [2.75, 3.05) is 39.3 Å². The summed E-state index contributed by atoms with van der Waals surface area (Å²) in [5.74, 6) is 1.15. The fourth-order valence-electron chi connectivity index (χ4n) is 4.18. The molecular weight excluding hydrogens is 363 g/mol. The smallest absolute Gasteiger partial charge is 0.249 e. The standard InChI is InChI=1S/C16H28BrFN4O/c1-11-8-13(18)3-2-12(11)10-21-4-6-22(7-5-21)14-9-19-20-16(23)15(14)17/h11-15,19H,2-10H2,1H3,(H,20,23). The summed E-state index contributed by atoms with van der Waals surface area (Å²) in [6, 6.07) is 0.215. The van der Waals surface area contributed by atoms with E-state index in [4.69, 9.17) is 0 Å². The molecule has 7 heteroatoms. The van der Waals surface area contributed by atoms with Crippen LogP contribution in [0.2, 0.25) is 0 Å². The number of amides is 1. The van der Waals surface area contributed by atoms with Crippen molar-refractivity contribution in [3.8, 4) is 0 Å². The first-order valence-corrected chi connectivity index (χ1v) is 9.73. The molecule has 132 valence electrons. The first-order valence-electron chi connectivity index (χ1n) is 8.82. The lowest BCUT2D eigenvalue weighted by Crippen LogP contribution is -2.64. The molecule has 0 aromatic heterocycles. The fraction of sp³-hybridized carbons (Fsp3) is 0.938. The van der Waals surface area contributed by atoms with Gasteiger partial charge >= 0.3 is 0 Å².